The number of carbonyl (C=O) groups is 1. The van der Waals surface area contributed by atoms with Crippen molar-refractivity contribution in [3.8, 4) is 5.75 Å². The summed E-state index contributed by atoms with van der Waals surface area (Å²) in [5, 5.41) is 9.59. The lowest BCUT2D eigenvalue weighted by molar-refractivity contribution is 0.0717. The fourth-order valence-corrected chi connectivity index (χ4v) is 2.69. The molecule has 0 spiro atoms. The van der Waals surface area contributed by atoms with E-state index in [4.69, 9.17) is 5.73 Å². The van der Waals surface area contributed by atoms with Gasteiger partial charge in [0.25, 0.3) is 5.91 Å². The number of hydrogen-bond donors (Lipinski definition) is 2. The first-order valence-corrected chi connectivity index (χ1v) is 6.95. The summed E-state index contributed by atoms with van der Waals surface area (Å²) in [5.41, 5.74) is 6.35. The van der Waals surface area contributed by atoms with Crippen LogP contribution in [0.25, 0.3) is 0 Å². The number of nitrogens with two attached hydrogens (primary N) is 1. The Bertz CT molecular complexity index is 451. The SMILES string of the molecule is CN(C(=O)c1ccc(N)c(O)c1)C1CCCCCC1. The van der Waals surface area contributed by atoms with Gasteiger partial charge in [0.1, 0.15) is 5.75 Å². The van der Waals surface area contributed by atoms with E-state index < -0.39 is 0 Å². The lowest BCUT2D eigenvalue weighted by atomic mass is 10.1. The van der Waals surface area contributed by atoms with Crippen LogP contribution in [0.15, 0.2) is 18.2 Å². The summed E-state index contributed by atoms with van der Waals surface area (Å²) < 4.78 is 0. The highest BCUT2D eigenvalue weighted by Crippen LogP contribution is 2.25. The molecule has 0 atom stereocenters. The summed E-state index contributed by atoms with van der Waals surface area (Å²) in [4.78, 5) is 14.2. The Labute approximate surface area is 114 Å². The van der Waals surface area contributed by atoms with Crippen molar-refractivity contribution in [2.45, 2.75) is 44.6 Å². The Kier molecular flexibility index (Phi) is 4.30. The number of nitrogens with zero attached hydrogens (tertiary/aromatic N) is 1. The van der Waals surface area contributed by atoms with Gasteiger partial charge in [0, 0.05) is 18.7 Å². The van der Waals surface area contributed by atoms with Gasteiger partial charge in [0.05, 0.1) is 5.69 Å². The van der Waals surface area contributed by atoms with Gasteiger partial charge < -0.3 is 15.7 Å². The number of benzene rings is 1. The van der Waals surface area contributed by atoms with Gasteiger partial charge in [-0.1, -0.05) is 25.7 Å². The van der Waals surface area contributed by atoms with E-state index in [-0.39, 0.29) is 11.7 Å². The molecular formula is C15H22N2O2. The molecule has 104 valence electrons. The van der Waals surface area contributed by atoms with Crippen LogP contribution in [0.3, 0.4) is 0 Å². The Morgan fingerprint density at radius 3 is 2.47 bits per heavy atom. The molecule has 0 heterocycles. The number of phenols is 1. The number of rotatable bonds is 2. The average Bonchev–Trinajstić information content (AvgIpc) is 2.69. The highest BCUT2D eigenvalue weighted by molar-refractivity contribution is 5.95. The van der Waals surface area contributed by atoms with Crippen LogP contribution in [0.2, 0.25) is 0 Å². The third-order valence-electron chi connectivity index (χ3n) is 3.97. The van der Waals surface area contributed by atoms with Gasteiger partial charge in [-0.25, -0.2) is 0 Å². The number of carbonyl (C=O) groups excluding carboxylic acids is 1. The van der Waals surface area contributed by atoms with E-state index in [1.807, 2.05) is 11.9 Å². The molecule has 4 heteroatoms. The first-order chi connectivity index (χ1) is 9.09. The fraction of sp³-hybridized carbons (Fsp3) is 0.533. The van der Waals surface area contributed by atoms with Crippen molar-refractivity contribution in [2.24, 2.45) is 0 Å². The van der Waals surface area contributed by atoms with Crippen molar-refractivity contribution in [2.75, 3.05) is 12.8 Å². The van der Waals surface area contributed by atoms with Crippen molar-refractivity contribution < 1.29 is 9.90 Å². The second kappa shape index (κ2) is 5.95. The van der Waals surface area contributed by atoms with Crippen LogP contribution in [0.4, 0.5) is 5.69 Å². The van der Waals surface area contributed by atoms with Crippen molar-refractivity contribution in [3.63, 3.8) is 0 Å². The maximum Gasteiger partial charge on any atom is 0.253 e. The lowest BCUT2D eigenvalue weighted by Gasteiger charge is -2.27. The van der Waals surface area contributed by atoms with Crippen LogP contribution in [-0.4, -0.2) is 29.0 Å². The molecule has 0 unspecified atom stereocenters. The van der Waals surface area contributed by atoms with Crippen molar-refractivity contribution in [3.05, 3.63) is 23.8 Å². The normalized spacial score (nSPS) is 16.9. The third kappa shape index (κ3) is 3.19. The fourth-order valence-electron chi connectivity index (χ4n) is 2.69. The first-order valence-electron chi connectivity index (χ1n) is 6.95. The zero-order valence-corrected chi connectivity index (χ0v) is 11.4. The summed E-state index contributed by atoms with van der Waals surface area (Å²) in [5.74, 6) is -0.0673. The van der Waals surface area contributed by atoms with Gasteiger partial charge >= 0.3 is 0 Å². The highest BCUT2D eigenvalue weighted by Gasteiger charge is 2.22. The maximum absolute atomic E-state index is 12.4. The molecule has 2 rings (SSSR count). The summed E-state index contributed by atoms with van der Waals surface area (Å²) >= 11 is 0. The Balaban J connectivity index is 2.10. The Morgan fingerprint density at radius 1 is 1.26 bits per heavy atom. The summed E-state index contributed by atoms with van der Waals surface area (Å²) in [7, 11) is 1.85. The summed E-state index contributed by atoms with van der Waals surface area (Å²) in [6, 6.07) is 5.01. The first kappa shape index (κ1) is 13.7. The number of phenolic OH excluding ortho intramolecular Hbond substituents is 1. The van der Waals surface area contributed by atoms with Gasteiger partial charge in [0.2, 0.25) is 0 Å². The topological polar surface area (TPSA) is 66.6 Å². The van der Waals surface area contributed by atoms with Crippen molar-refractivity contribution in [1.82, 2.24) is 4.90 Å². The highest BCUT2D eigenvalue weighted by atomic mass is 16.3. The predicted octanol–water partition coefficient (Wildman–Crippen LogP) is 2.77. The zero-order chi connectivity index (χ0) is 13.8. The summed E-state index contributed by atoms with van der Waals surface area (Å²) in [6.45, 7) is 0. The number of amides is 1. The molecule has 1 aromatic rings. The second-order valence-electron chi connectivity index (χ2n) is 5.34. The molecule has 0 radical (unpaired) electrons. The van der Waals surface area contributed by atoms with Gasteiger partial charge in [-0.2, -0.15) is 0 Å². The second-order valence-corrected chi connectivity index (χ2v) is 5.34. The molecule has 1 aliphatic carbocycles. The van der Waals surface area contributed by atoms with Gasteiger partial charge in [-0.3, -0.25) is 4.79 Å². The number of aromatic hydroxyl groups is 1. The molecule has 1 aliphatic rings. The van der Waals surface area contributed by atoms with Crippen LogP contribution >= 0.6 is 0 Å². The van der Waals surface area contributed by atoms with E-state index in [9.17, 15) is 9.90 Å². The van der Waals surface area contributed by atoms with E-state index in [0.717, 1.165) is 12.8 Å². The van der Waals surface area contributed by atoms with E-state index in [2.05, 4.69) is 0 Å². The van der Waals surface area contributed by atoms with Gasteiger partial charge in [-0.15, -0.1) is 0 Å². The Morgan fingerprint density at radius 2 is 1.89 bits per heavy atom. The zero-order valence-electron chi connectivity index (χ0n) is 11.4. The average molecular weight is 262 g/mol. The molecule has 3 N–H and O–H groups in total. The number of nitrogen functional groups attached to an aromatic ring is 1. The van der Waals surface area contributed by atoms with Crippen LogP contribution in [-0.2, 0) is 0 Å². The monoisotopic (exact) mass is 262 g/mol. The quantitative estimate of drug-likeness (QED) is 0.489. The van der Waals surface area contributed by atoms with E-state index in [0.29, 0.717) is 17.3 Å². The number of hydrogen-bond acceptors (Lipinski definition) is 3. The maximum atomic E-state index is 12.4. The third-order valence-corrected chi connectivity index (χ3v) is 3.97. The molecule has 0 aliphatic heterocycles. The molecule has 4 nitrogen and oxygen atoms in total. The van der Waals surface area contributed by atoms with E-state index >= 15 is 0 Å². The molecule has 0 aromatic heterocycles. The molecule has 0 saturated heterocycles. The molecule has 1 aromatic carbocycles. The number of anilines is 1. The molecule has 1 amide bonds. The van der Waals surface area contributed by atoms with Crippen LogP contribution < -0.4 is 5.73 Å². The van der Waals surface area contributed by atoms with Crippen molar-refractivity contribution in [1.29, 1.82) is 0 Å². The van der Waals surface area contributed by atoms with Crippen molar-refractivity contribution >= 4 is 11.6 Å². The molecule has 1 saturated carbocycles. The van der Waals surface area contributed by atoms with E-state index in [1.54, 1.807) is 12.1 Å². The van der Waals surface area contributed by atoms with Crippen LogP contribution in [0.5, 0.6) is 5.75 Å². The molecular weight excluding hydrogens is 240 g/mol. The van der Waals surface area contributed by atoms with Gasteiger partial charge in [-0.05, 0) is 31.0 Å². The molecule has 1 fully saturated rings. The minimum Gasteiger partial charge on any atom is -0.506 e. The molecule has 19 heavy (non-hydrogen) atoms. The predicted molar refractivity (Wildman–Crippen MR) is 76.1 cm³/mol. The largest absolute Gasteiger partial charge is 0.506 e. The van der Waals surface area contributed by atoms with Crippen LogP contribution in [0.1, 0.15) is 48.9 Å². The van der Waals surface area contributed by atoms with E-state index in [1.165, 1.54) is 31.7 Å². The lowest BCUT2D eigenvalue weighted by Crippen LogP contribution is -2.36. The molecule has 0 bridgehead atoms. The minimum absolute atomic E-state index is 0.0277. The Hall–Kier alpha value is -1.71. The summed E-state index contributed by atoms with van der Waals surface area (Å²) in [6.07, 6.45) is 7.05. The smallest absolute Gasteiger partial charge is 0.253 e. The van der Waals surface area contributed by atoms with Gasteiger partial charge in [0.15, 0.2) is 0 Å². The minimum atomic E-state index is -0.0396. The standard InChI is InChI=1S/C15H22N2O2/c1-17(12-6-4-2-3-5-7-12)15(19)11-8-9-13(16)14(18)10-11/h8-10,12,18H,2-7,16H2,1H3. The van der Waals surface area contributed by atoms with Crippen LogP contribution in [0, 0.1) is 0 Å².